The lowest BCUT2D eigenvalue weighted by Crippen LogP contribution is -2.34. The average Bonchev–Trinajstić information content (AvgIpc) is 2.14. The fraction of sp³-hybridized carbons (Fsp3) is 0.700. The van der Waals surface area contributed by atoms with Crippen molar-refractivity contribution in [2.24, 2.45) is 0 Å². The van der Waals surface area contributed by atoms with Crippen molar-refractivity contribution >= 4 is 5.91 Å². The van der Waals surface area contributed by atoms with Gasteiger partial charge in [-0.05, 0) is 25.8 Å². The zero-order valence-electron chi connectivity index (χ0n) is 8.44. The minimum Gasteiger partial charge on any atom is -0.355 e. The monoisotopic (exact) mass is 184 g/mol. The maximum absolute atomic E-state index is 11.0. The van der Waals surface area contributed by atoms with Gasteiger partial charge in [-0.3, -0.25) is 4.79 Å². The van der Waals surface area contributed by atoms with E-state index >= 15 is 0 Å². The number of rotatable bonds is 8. The maximum Gasteiger partial charge on any atom is 0.233 e. The molecule has 0 rings (SSSR count). The maximum atomic E-state index is 11.0. The van der Waals surface area contributed by atoms with Crippen LogP contribution in [-0.2, 0) is 4.79 Å². The molecule has 0 aromatic rings. The molecule has 0 fully saturated rings. The van der Waals surface area contributed by atoms with Crippen LogP contribution in [0.5, 0.6) is 0 Å². The SMILES string of the molecule is C=CCCCNCC(=O)NCCC. The third-order valence-electron chi connectivity index (χ3n) is 1.62. The zero-order valence-corrected chi connectivity index (χ0v) is 8.44. The molecule has 2 N–H and O–H groups in total. The summed E-state index contributed by atoms with van der Waals surface area (Å²) in [7, 11) is 0. The number of hydrogen-bond donors (Lipinski definition) is 2. The molecule has 0 saturated carbocycles. The molecule has 13 heavy (non-hydrogen) atoms. The highest BCUT2D eigenvalue weighted by Gasteiger charge is 1.96. The molecular formula is C10H20N2O. The molecule has 0 heterocycles. The van der Waals surface area contributed by atoms with Gasteiger partial charge < -0.3 is 10.6 Å². The molecule has 0 unspecified atom stereocenters. The first kappa shape index (κ1) is 12.2. The standard InChI is InChI=1S/C10H20N2O/c1-3-5-6-8-11-9-10(13)12-7-4-2/h3,11H,1,4-9H2,2H3,(H,12,13). The quantitative estimate of drug-likeness (QED) is 0.437. The van der Waals surface area contributed by atoms with Crippen molar-refractivity contribution in [3.63, 3.8) is 0 Å². The first-order valence-corrected chi connectivity index (χ1v) is 4.89. The minimum atomic E-state index is 0.0838. The number of hydrogen-bond acceptors (Lipinski definition) is 2. The van der Waals surface area contributed by atoms with E-state index in [1.807, 2.05) is 13.0 Å². The van der Waals surface area contributed by atoms with E-state index in [0.717, 1.165) is 32.4 Å². The summed E-state index contributed by atoms with van der Waals surface area (Å²) in [4.78, 5) is 11.0. The third-order valence-corrected chi connectivity index (χ3v) is 1.62. The summed E-state index contributed by atoms with van der Waals surface area (Å²) >= 11 is 0. The van der Waals surface area contributed by atoms with Gasteiger partial charge in [0.25, 0.3) is 0 Å². The molecule has 3 nitrogen and oxygen atoms in total. The van der Waals surface area contributed by atoms with Crippen molar-refractivity contribution in [3.8, 4) is 0 Å². The van der Waals surface area contributed by atoms with Crippen LogP contribution in [0.1, 0.15) is 26.2 Å². The molecule has 0 atom stereocenters. The van der Waals surface area contributed by atoms with Crippen molar-refractivity contribution < 1.29 is 4.79 Å². The normalized spacial score (nSPS) is 9.62. The fourth-order valence-electron chi connectivity index (χ4n) is 0.900. The summed E-state index contributed by atoms with van der Waals surface area (Å²) in [5.41, 5.74) is 0. The summed E-state index contributed by atoms with van der Waals surface area (Å²) in [5, 5.41) is 5.87. The van der Waals surface area contributed by atoms with Gasteiger partial charge in [-0.15, -0.1) is 6.58 Å². The Bertz CT molecular complexity index is 146. The van der Waals surface area contributed by atoms with E-state index in [-0.39, 0.29) is 5.91 Å². The average molecular weight is 184 g/mol. The third kappa shape index (κ3) is 9.08. The number of allylic oxidation sites excluding steroid dienone is 1. The fourth-order valence-corrected chi connectivity index (χ4v) is 0.900. The molecule has 76 valence electrons. The molecule has 0 radical (unpaired) electrons. The Morgan fingerprint density at radius 2 is 2.23 bits per heavy atom. The Kier molecular flexibility index (Phi) is 8.67. The number of amides is 1. The molecular weight excluding hydrogens is 164 g/mol. The van der Waals surface area contributed by atoms with Crippen molar-refractivity contribution in [2.75, 3.05) is 19.6 Å². The summed E-state index contributed by atoms with van der Waals surface area (Å²) in [6.07, 6.45) is 4.93. The van der Waals surface area contributed by atoms with Gasteiger partial charge in [-0.1, -0.05) is 13.0 Å². The molecule has 0 aromatic heterocycles. The van der Waals surface area contributed by atoms with Crippen molar-refractivity contribution in [1.29, 1.82) is 0 Å². The molecule has 0 spiro atoms. The summed E-state index contributed by atoms with van der Waals surface area (Å²) in [5.74, 6) is 0.0838. The summed E-state index contributed by atoms with van der Waals surface area (Å²) < 4.78 is 0. The van der Waals surface area contributed by atoms with Crippen molar-refractivity contribution in [2.45, 2.75) is 26.2 Å². The van der Waals surface area contributed by atoms with Crippen molar-refractivity contribution in [3.05, 3.63) is 12.7 Å². The van der Waals surface area contributed by atoms with Crippen molar-refractivity contribution in [1.82, 2.24) is 10.6 Å². The van der Waals surface area contributed by atoms with Gasteiger partial charge in [0.1, 0.15) is 0 Å². The van der Waals surface area contributed by atoms with Gasteiger partial charge in [-0.2, -0.15) is 0 Å². The molecule has 0 aliphatic rings. The number of carbonyl (C=O) groups excluding carboxylic acids is 1. The number of unbranched alkanes of at least 4 members (excludes halogenated alkanes) is 1. The van der Waals surface area contributed by atoms with Crippen LogP contribution in [0.4, 0.5) is 0 Å². The van der Waals surface area contributed by atoms with E-state index in [1.54, 1.807) is 0 Å². The number of carbonyl (C=O) groups is 1. The second-order valence-electron chi connectivity index (χ2n) is 2.96. The Labute approximate surface area is 80.6 Å². The van der Waals surface area contributed by atoms with Crippen LogP contribution in [0, 0.1) is 0 Å². The second-order valence-corrected chi connectivity index (χ2v) is 2.96. The van der Waals surface area contributed by atoms with E-state index in [2.05, 4.69) is 17.2 Å². The van der Waals surface area contributed by atoms with Gasteiger partial charge in [0, 0.05) is 6.54 Å². The highest BCUT2D eigenvalue weighted by Crippen LogP contribution is 1.85. The first-order valence-electron chi connectivity index (χ1n) is 4.89. The van der Waals surface area contributed by atoms with Crippen LogP contribution in [0.3, 0.4) is 0 Å². The lowest BCUT2D eigenvalue weighted by atomic mass is 10.3. The predicted molar refractivity (Wildman–Crippen MR) is 55.6 cm³/mol. The highest BCUT2D eigenvalue weighted by atomic mass is 16.1. The topological polar surface area (TPSA) is 41.1 Å². The van der Waals surface area contributed by atoms with E-state index < -0.39 is 0 Å². The first-order chi connectivity index (χ1) is 6.31. The molecule has 3 heteroatoms. The molecule has 0 bridgehead atoms. The Morgan fingerprint density at radius 3 is 2.85 bits per heavy atom. The van der Waals surface area contributed by atoms with Crippen LogP contribution in [0.25, 0.3) is 0 Å². The van der Waals surface area contributed by atoms with Gasteiger partial charge in [0.05, 0.1) is 6.54 Å². The van der Waals surface area contributed by atoms with Crippen LogP contribution in [-0.4, -0.2) is 25.5 Å². The van der Waals surface area contributed by atoms with Gasteiger partial charge in [-0.25, -0.2) is 0 Å². The molecule has 0 aliphatic carbocycles. The molecule has 0 aromatic carbocycles. The number of nitrogens with one attached hydrogen (secondary N) is 2. The van der Waals surface area contributed by atoms with Crippen LogP contribution in [0.2, 0.25) is 0 Å². The Balaban J connectivity index is 3.12. The minimum absolute atomic E-state index is 0.0838. The van der Waals surface area contributed by atoms with Gasteiger partial charge >= 0.3 is 0 Å². The Hall–Kier alpha value is -0.830. The molecule has 1 amide bonds. The van der Waals surface area contributed by atoms with E-state index in [4.69, 9.17) is 0 Å². The van der Waals surface area contributed by atoms with Gasteiger partial charge in [0.2, 0.25) is 5.91 Å². The van der Waals surface area contributed by atoms with E-state index in [0.29, 0.717) is 6.54 Å². The summed E-state index contributed by atoms with van der Waals surface area (Å²) in [6, 6.07) is 0. The zero-order chi connectivity index (χ0) is 9.94. The lowest BCUT2D eigenvalue weighted by molar-refractivity contribution is -0.120. The highest BCUT2D eigenvalue weighted by molar-refractivity contribution is 5.77. The smallest absolute Gasteiger partial charge is 0.233 e. The lowest BCUT2D eigenvalue weighted by Gasteiger charge is -2.04. The van der Waals surface area contributed by atoms with Crippen LogP contribution < -0.4 is 10.6 Å². The van der Waals surface area contributed by atoms with Crippen LogP contribution >= 0.6 is 0 Å². The largest absolute Gasteiger partial charge is 0.355 e. The summed E-state index contributed by atoms with van der Waals surface area (Å²) in [6.45, 7) is 7.75. The predicted octanol–water partition coefficient (Wildman–Crippen LogP) is 1.07. The van der Waals surface area contributed by atoms with E-state index in [9.17, 15) is 4.79 Å². The second kappa shape index (κ2) is 9.26. The van der Waals surface area contributed by atoms with Gasteiger partial charge in [0.15, 0.2) is 0 Å². The van der Waals surface area contributed by atoms with Crippen LogP contribution in [0.15, 0.2) is 12.7 Å². The van der Waals surface area contributed by atoms with E-state index in [1.165, 1.54) is 0 Å². The molecule has 0 aliphatic heterocycles. The molecule has 0 saturated heterocycles. The Morgan fingerprint density at radius 1 is 1.46 bits per heavy atom.